The number of nitrogens with one attached hydrogen (secondary N) is 1. The lowest BCUT2D eigenvalue weighted by atomic mass is 9.72. The molecule has 1 nitrogen and oxygen atoms in total. The van der Waals surface area contributed by atoms with Gasteiger partial charge in [0.25, 0.3) is 0 Å². The molecule has 108 valence electrons. The molecule has 0 aliphatic heterocycles. The maximum absolute atomic E-state index is 3.82. The molecule has 1 heteroatoms. The van der Waals surface area contributed by atoms with Crippen LogP contribution in [0, 0.1) is 29.6 Å². The van der Waals surface area contributed by atoms with Gasteiger partial charge in [0.1, 0.15) is 0 Å². The zero-order chi connectivity index (χ0) is 12.7. The Morgan fingerprint density at radius 3 is 2.26 bits per heavy atom. The predicted molar refractivity (Wildman–Crippen MR) is 80.0 cm³/mol. The predicted octanol–water partition coefficient (Wildman–Crippen LogP) is 4.37. The second kappa shape index (κ2) is 5.39. The standard InChI is InChI=1S/C18H31N/c1-2-4-16(12-19-18-7-8-18)14(3-1)11-17-10-13-5-6-15(17)9-13/h13-19H,1-12H2. The van der Waals surface area contributed by atoms with Crippen molar-refractivity contribution in [2.75, 3.05) is 6.54 Å². The van der Waals surface area contributed by atoms with Crippen molar-refractivity contribution in [2.24, 2.45) is 29.6 Å². The van der Waals surface area contributed by atoms with E-state index < -0.39 is 0 Å². The maximum atomic E-state index is 3.82. The zero-order valence-electron chi connectivity index (χ0n) is 12.4. The molecule has 0 amide bonds. The molecule has 19 heavy (non-hydrogen) atoms. The van der Waals surface area contributed by atoms with Gasteiger partial charge in [-0.05, 0) is 81.1 Å². The van der Waals surface area contributed by atoms with Crippen LogP contribution in [-0.4, -0.2) is 12.6 Å². The van der Waals surface area contributed by atoms with Gasteiger partial charge in [0.2, 0.25) is 0 Å². The SMILES string of the molecule is C1CCC(CC2CC3CCC2C3)C(CNC2CC2)C1. The summed E-state index contributed by atoms with van der Waals surface area (Å²) in [5.41, 5.74) is 0. The maximum Gasteiger partial charge on any atom is 0.00683 e. The molecule has 0 aromatic carbocycles. The van der Waals surface area contributed by atoms with Gasteiger partial charge in [0.05, 0.1) is 0 Å². The summed E-state index contributed by atoms with van der Waals surface area (Å²) in [6.45, 7) is 1.34. The molecule has 5 atom stereocenters. The van der Waals surface area contributed by atoms with Crippen molar-refractivity contribution in [2.45, 2.75) is 76.7 Å². The van der Waals surface area contributed by atoms with E-state index in [-0.39, 0.29) is 0 Å². The lowest BCUT2D eigenvalue weighted by Gasteiger charge is -2.35. The molecule has 1 N–H and O–H groups in total. The van der Waals surface area contributed by atoms with E-state index in [1.165, 1.54) is 38.6 Å². The Hall–Kier alpha value is -0.0400. The highest BCUT2D eigenvalue weighted by Crippen LogP contribution is 2.51. The van der Waals surface area contributed by atoms with E-state index in [2.05, 4.69) is 5.32 Å². The van der Waals surface area contributed by atoms with Crippen molar-refractivity contribution >= 4 is 0 Å². The van der Waals surface area contributed by atoms with Crippen molar-refractivity contribution in [3.05, 3.63) is 0 Å². The highest BCUT2D eigenvalue weighted by Gasteiger charge is 2.41. The molecule has 0 heterocycles. The molecule has 5 unspecified atom stereocenters. The molecule has 4 fully saturated rings. The Morgan fingerprint density at radius 1 is 0.737 bits per heavy atom. The molecular formula is C18H31N. The molecule has 0 radical (unpaired) electrons. The minimum atomic E-state index is 0.907. The van der Waals surface area contributed by atoms with Crippen LogP contribution in [0.1, 0.15) is 70.6 Å². The highest BCUT2D eigenvalue weighted by atomic mass is 14.9. The molecule has 0 aromatic rings. The van der Waals surface area contributed by atoms with Gasteiger partial charge in [-0.1, -0.05) is 25.7 Å². The Kier molecular flexibility index (Phi) is 3.60. The van der Waals surface area contributed by atoms with Gasteiger partial charge in [-0.25, -0.2) is 0 Å². The van der Waals surface area contributed by atoms with E-state index >= 15 is 0 Å². The van der Waals surface area contributed by atoms with Crippen molar-refractivity contribution < 1.29 is 0 Å². The Morgan fingerprint density at radius 2 is 1.58 bits per heavy atom. The highest BCUT2D eigenvalue weighted by molar-refractivity contribution is 4.92. The van der Waals surface area contributed by atoms with Gasteiger partial charge >= 0.3 is 0 Å². The van der Waals surface area contributed by atoms with Crippen LogP contribution in [0.4, 0.5) is 0 Å². The molecule has 4 aliphatic carbocycles. The zero-order valence-corrected chi connectivity index (χ0v) is 12.4. The van der Waals surface area contributed by atoms with E-state index in [1.54, 1.807) is 38.5 Å². The summed E-state index contributed by atoms with van der Waals surface area (Å²) < 4.78 is 0. The van der Waals surface area contributed by atoms with Gasteiger partial charge in [0, 0.05) is 6.04 Å². The topological polar surface area (TPSA) is 12.0 Å². The molecule has 0 aromatic heterocycles. The molecule has 4 aliphatic rings. The van der Waals surface area contributed by atoms with Crippen molar-refractivity contribution in [1.29, 1.82) is 0 Å². The van der Waals surface area contributed by atoms with Gasteiger partial charge in [0.15, 0.2) is 0 Å². The minimum absolute atomic E-state index is 0.907. The third-order valence-corrected chi connectivity index (χ3v) is 6.80. The molecule has 4 rings (SSSR count). The summed E-state index contributed by atoms with van der Waals surface area (Å²) in [5, 5.41) is 3.82. The lowest BCUT2D eigenvalue weighted by molar-refractivity contribution is 0.165. The van der Waals surface area contributed by atoms with Gasteiger partial charge in [-0.3, -0.25) is 0 Å². The first-order valence-electron chi connectivity index (χ1n) is 9.12. The average molecular weight is 261 g/mol. The summed E-state index contributed by atoms with van der Waals surface area (Å²) >= 11 is 0. The summed E-state index contributed by atoms with van der Waals surface area (Å²) in [7, 11) is 0. The van der Waals surface area contributed by atoms with Crippen molar-refractivity contribution in [1.82, 2.24) is 5.32 Å². The molecule has 0 saturated heterocycles. The van der Waals surface area contributed by atoms with Crippen LogP contribution in [0.5, 0.6) is 0 Å². The monoisotopic (exact) mass is 261 g/mol. The minimum Gasteiger partial charge on any atom is -0.314 e. The van der Waals surface area contributed by atoms with Crippen molar-refractivity contribution in [3.63, 3.8) is 0 Å². The third kappa shape index (κ3) is 2.86. The van der Waals surface area contributed by atoms with Gasteiger partial charge in [-0.2, -0.15) is 0 Å². The van der Waals surface area contributed by atoms with Crippen LogP contribution < -0.4 is 5.32 Å². The first kappa shape index (κ1) is 12.7. The summed E-state index contributed by atoms with van der Waals surface area (Å²) in [6.07, 6.45) is 16.9. The second-order valence-corrected chi connectivity index (χ2v) is 8.16. The second-order valence-electron chi connectivity index (χ2n) is 8.16. The number of fused-ring (bicyclic) bond motifs is 2. The van der Waals surface area contributed by atoms with Crippen LogP contribution >= 0.6 is 0 Å². The fourth-order valence-corrected chi connectivity index (χ4v) is 5.52. The van der Waals surface area contributed by atoms with Gasteiger partial charge in [-0.15, -0.1) is 0 Å². The van der Waals surface area contributed by atoms with Gasteiger partial charge < -0.3 is 5.32 Å². The van der Waals surface area contributed by atoms with E-state index in [0.717, 1.165) is 35.6 Å². The van der Waals surface area contributed by atoms with E-state index in [0.29, 0.717) is 0 Å². The largest absolute Gasteiger partial charge is 0.314 e. The Bertz CT molecular complexity index is 309. The van der Waals surface area contributed by atoms with Crippen LogP contribution in [0.25, 0.3) is 0 Å². The fraction of sp³-hybridized carbons (Fsp3) is 1.00. The quantitative estimate of drug-likeness (QED) is 0.775. The first-order valence-corrected chi connectivity index (χ1v) is 9.12. The molecule has 0 spiro atoms. The summed E-state index contributed by atoms with van der Waals surface area (Å²) in [4.78, 5) is 0. The fourth-order valence-electron chi connectivity index (χ4n) is 5.52. The Balaban J connectivity index is 1.31. The first-order chi connectivity index (χ1) is 9.38. The van der Waals surface area contributed by atoms with E-state index in [1.807, 2.05) is 0 Å². The van der Waals surface area contributed by atoms with Crippen molar-refractivity contribution in [3.8, 4) is 0 Å². The molecular weight excluding hydrogens is 230 g/mol. The smallest absolute Gasteiger partial charge is 0.00683 e. The van der Waals surface area contributed by atoms with Crippen LogP contribution in [0.2, 0.25) is 0 Å². The van der Waals surface area contributed by atoms with Crippen LogP contribution in [0.15, 0.2) is 0 Å². The average Bonchev–Trinajstić information content (AvgIpc) is 3.04. The molecule has 4 saturated carbocycles. The normalized spacial score (nSPS) is 45.8. The van der Waals surface area contributed by atoms with E-state index in [9.17, 15) is 0 Å². The van der Waals surface area contributed by atoms with E-state index in [4.69, 9.17) is 0 Å². The number of hydrogen-bond acceptors (Lipinski definition) is 1. The third-order valence-electron chi connectivity index (χ3n) is 6.80. The Labute approximate surface area is 118 Å². The number of hydrogen-bond donors (Lipinski definition) is 1. The molecule has 2 bridgehead atoms. The summed E-state index contributed by atoms with van der Waals surface area (Å²) in [5.74, 6) is 5.51. The summed E-state index contributed by atoms with van der Waals surface area (Å²) in [6, 6.07) is 0.907. The van der Waals surface area contributed by atoms with Crippen LogP contribution in [-0.2, 0) is 0 Å². The van der Waals surface area contributed by atoms with Crippen LogP contribution in [0.3, 0.4) is 0 Å². The number of rotatable bonds is 5. The lowest BCUT2D eigenvalue weighted by Crippen LogP contribution is -2.33.